The number of benzene rings is 4. The highest BCUT2D eigenvalue weighted by Gasteiger charge is 2.71. The molecule has 0 unspecified atom stereocenters. The maximum atomic E-state index is 14.6. The normalized spacial score (nSPS) is 21.9. The second-order valence-corrected chi connectivity index (χ2v) is 10.7. The predicted molar refractivity (Wildman–Crippen MR) is 148 cm³/mol. The summed E-state index contributed by atoms with van der Waals surface area (Å²) >= 11 is 6.50. The zero-order valence-electron chi connectivity index (χ0n) is 20.9. The second-order valence-electron chi connectivity index (χ2n) is 10.3. The highest BCUT2D eigenvalue weighted by Crippen LogP contribution is 2.61. The Kier molecular flexibility index (Phi) is 5.41. The first-order valence-electron chi connectivity index (χ1n) is 12.8. The Morgan fingerprint density at radius 2 is 1.43 bits per heavy atom. The molecule has 2 heterocycles. The summed E-state index contributed by atoms with van der Waals surface area (Å²) in [5.41, 5.74) is 0.551. The number of halogens is 3. The van der Waals surface area contributed by atoms with E-state index in [0.717, 1.165) is 0 Å². The van der Waals surface area contributed by atoms with E-state index in [1.165, 1.54) is 36.4 Å². The summed E-state index contributed by atoms with van der Waals surface area (Å²) in [7, 11) is 0. The molecule has 2 aliphatic heterocycles. The number of hydrogen-bond acceptors (Lipinski definition) is 4. The minimum atomic E-state index is -1.73. The van der Waals surface area contributed by atoms with Crippen LogP contribution in [0.2, 0.25) is 5.02 Å². The molecule has 1 spiro atoms. The third-order valence-corrected chi connectivity index (χ3v) is 8.73. The standard InChI is InChI=1S/C33H20ClF2NO3/c34-25-8-4-3-7-24(25)30(38)29-28(18-9-12-20(35)13-10-18)33(31(39)22-5-1-2-6-23(22)32(33)40)27-16-11-19-17-21(36)14-15-26(19)37(27)29/h1-17,27-29H/t27-,28-,29+/m0/s1. The van der Waals surface area contributed by atoms with Crippen molar-refractivity contribution >= 4 is 40.7 Å². The summed E-state index contributed by atoms with van der Waals surface area (Å²) in [4.78, 5) is 45.4. The van der Waals surface area contributed by atoms with E-state index in [-0.39, 0.29) is 21.7 Å². The van der Waals surface area contributed by atoms with Crippen LogP contribution in [0.15, 0.2) is 97.1 Å². The molecule has 4 nitrogen and oxygen atoms in total. The van der Waals surface area contributed by atoms with Gasteiger partial charge in [0.25, 0.3) is 0 Å². The molecular weight excluding hydrogens is 532 g/mol. The number of carbonyl (C=O) groups is 3. The average Bonchev–Trinajstić information content (AvgIpc) is 3.39. The van der Waals surface area contributed by atoms with Crippen LogP contribution in [-0.4, -0.2) is 29.4 Å². The lowest BCUT2D eigenvalue weighted by atomic mass is 9.64. The van der Waals surface area contributed by atoms with Gasteiger partial charge in [-0.2, -0.15) is 0 Å². The molecule has 0 aromatic heterocycles. The van der Waals surface area contributed by atoms with Crippen LogP contribution < -0.4 is 4.90 Å². The lowest BCUT2D eigenvalue weighted by molar-refractivity contribution is 0.0666. The Hall–Kier alpha value is -4.42. The molecule has 40 heavy (non-hydrogen) atoms. The maximum Gasteiger partial charge on any atom is 0.187 e. The molecule has 1 saturated heterocycles. The van der Waals surface area contributed by atoms with Crippen LogP contribution in [0.25, 0.3) is 6.08 Å². The zero-order valence-corrected chi connectivity index (χ0v) is 21.6. The molecule has 0 radical (unpaired) electrons. The van der Waals surface area contributed by atoms with Crippen molar-refractivity contribution in [3.05, 3.63) is 142 Å². The zero-order chi connectivity index (χ0) is 27.8. The molecule has 0 saturated carbocycles. The van der Waals surface area contributed by atoms with Crippen LogP contribution in [0.4, 0.5) is 14.5 Å². The van der Waals surface area contributed by atoms with Gasteiger partial charge >= 0.3 is 0 Å². The molecule has 4 aromatic rings. The Morgan fingerprint density at radius 1 is 0.800 bits per heavy atom. The molecule has 3 atom stereocenters. The van der Waals surface area contributed by atoms with E-state index in [0.29, 0.717) is 16.8 Å². The molecule has 3 aliphatic rings. The van der Waals surface area contributed by atoms with Crippen LogP contribution in [0, 0.1) is 17.0 Å². The van der Waals surface area contributed by atoms with E-state index < -0.39 is 52.4 Å². The predicted octanol–water partition coefficient (Wildman–Crippen LogP) is 6.93. The van der Waals surface area contributed by atoms with Crippen molar-refractivity contribution in [1.82, 2.24) is 0 Å². The molecule has 1 aliphatic carbocycles. The summed E-state index contributed by atoms with van der Waals surface area (Å²) in [6.45, 7) is 0. The van der Waals surface area contributed by atoms with E-state index in [4.69, 9.17) is 11.6 Å². The fourth-order valence-corrected chi connectivity index (χ4v) is 7.04. The van der Waals surface area contributed by atoms with Gasteiger partial charge in [0.05, 0.1) is 11.1 Å². The van der Waals surface area contributed by atoms with E-state index in [9.17, 15) is 23.2 Å². The van der Waals surface area contributed by atoms with Gasteiger partial charge in [0.2, 0.25) is 0 Å². The average molecular weight is 552 g/mol. The smallest absolute Gasteiger partial charge is 0.187 e. The minimum absolute atomic E-state index is 0.224. The third-order valence-electron chi connectivity index (χ3n) is 8.40. The second kappa shape index (κ2) is 8.80. The number of Topliss-reactive ketones (excluding diaryl/α,β-unsaturated/α-hetero) is 3. The Balaban J connectivity index is 1.56. The number of rotatable bonds is 3. The first-order chi connectivity index (χ1) is 19.3. The Bertz CT molecular complexity index is 1750. The highest BCUT2D eigenvalue weighted by molar-refractivity contribution is 6.35. The van der Waals surface area contributed by atoms with E-state index in [1.54, 1.807) is 71.6 Å². The molecule has 7 rings (SSSR count). The van der Waals surface area contributed by atoms with Crippen molar-refractivity contribution < 1.29 is 23.2 Å². The van der Waals surface area contributed by atoms with Gasteiger partial charge in [0.15, 0.2) is 17.3 Å². The van der Waals surface area contributed by atoms with Gasteiger partial charge in [-0.15, -0.1) is 0 Å². The molecule has 4 aromatic carbocycles. The van der Waals surface area contributed by atoms with Gasteiger partial charge in [-0.3, -0.25) is 14.4 Å². The first kappa shape index (κ1) is 24.6. The topological polar surface area (TPSA) is 54.5 Å². The molecule has 196 valence electrons. The lowest BCUT2D eigenvalue weighted by Gasteiger charge is -2.37. The summed E-state index contributed by atoms with van der Waals surface area (Å²) in [6.07, 6.45) is 3.40. The number of nitrogens with zero attached hydrogens (tertiary/aromatic N) is 1. The minimum Gasteiger partial charge on any atom is -0.352 e. The summed E-state index contributed by atoms with van der Waals surface area (Å²) in [6, 6.07) is 21.0. The summed E-state index contributed by atoms with van der Waals surface area (Å²) in [5, 5.41) is 0.224. The number of hydrogen-bond donors (Lipinski definition) is 0. The molecule has 7 heteroatoms. The van der Waals surface area contributed by atoms with Crippen molar-refractivity contribution in [2.45, 2.75) is 18.0 Å². The van der Waals surface area contributed by atoms with Gasteiger partial charge in [-0.1, -0.05) is 72.3 Å². The SMILES string of the molecule is O=C(c1ccccc1Cl)[C@H]1[C@H](c2ccc(F)cc2)C2(C(=O)c3ccccc3C2=O)[C@@H]2C=Cc3cc(F)ccc3N21. The molecular formula is C33H20ClF2NO3. The first-order valence-corrected chi connectivity index (χ1v) is 13.2. The van der Waals surface area contributed by atoms with Crippen molar-refractivity contribution in [2.75, 3.05) is 4.90 Å². The van der Waals surface area contributed by atoms with Crippen LogP contribution >= 0.6 is 11.6 Å². The fourth-order valence-electron chi connectivity index (χ4n) is 6.81. The van der Waals surface area contributed by atoms with Crippen LogP contribution in [0.5, 0.6) is 0 Å². The van der Waals surface area contributed by atoms with E-state index >= 15 is 0 Å². The van der Waals surface area contributed by atoms with Crippen molar-refractivity contribution in [2.24, 2.45) is 5.41 Å². The summed E-state index contributed by atoms with van der Waals surface area (Å²) < 4.78 is 28.4. The lowest BCUT2D eigenvalue weighted by Crippen LogP contribution is -2.48. The van der Waals surface area contributed by atoms with E-state index in [1.807, 2.05) is 0 Å². The third kappa shape index (κ3) is 3.20. The highest BCUT2D eigenvalue weighted by atomic mass is 35.5. The Labute approximate surface area is 233 Å². The molecule has 1 fully saturated rings. The number of anilines is 1. The van der Waals surface area contributed by atoms with Gasteiger partial charge in [-0.25, -0.2) is 8.78 Å². The van der Waals surface area contributed by atoms with Crippen molar-refractivity contribution in [1.29, 1.82) is 0 Å². The molecule has 0 N–H and O–H groups in total. The van der Waals surface area contributed by atoms with E-state index in [2.05, 4.69) is 0 Å². The maximum absolute atomic E-state index is 14.6. The van der Waals surface area contributed by atoms with Crippen molar-refractivity contribution in [3.63, 3.8) is 0 Å². The van der Waals surface area contributed by atoms with Crippen LogP contribution in [-0.2, 0) is 0 Å². The van der Waals surface area contributed by atoms with Crippen LogP contribution in [0.1, 0.15) is 48.1 Å². The quantitative estimate of drug-likeness (QED) is 0.204. The molecule has 0 bridgehead atoms. The van der Waals surface area contributed by atoms with Gasteiger partial charge in [0.1, 0.15) is 23.1 Å². The van der Waals surface area contributed by atoms with Gasteiger partial charge in [0, 0.05) is 33.9 Å². The largest absolute Gasteiger partial charge is 0.352 e. The van der Waals surface area contributed by atoms with Gasteiger partial charge < -0.3 is 4.90 Å². The Morgan fingerprint density at radius 3 is 2.10 bits per heavy atom. The summed E-state index contributed by atoms with van der Waals surface area (Å²) in [5.74, 6) is -3.15. The van der Waals surface area contributed by atoms with Gasteiger partial charge in [-0.05, 0) is 48.0 Å². The van der Waals surface area contributed by atoms with Crippen molar-refractivity contribution in [3.8, 4) is 0 Å². The number of carbonyl (C=O) groups excluding carboxylic acids is 3. The number of fused-ring (bicyclic) bond motifs is 5. The molecule has 0 amide bonds. The fraction of sp³-hybridized carbons (Fsp3) is 0.121. The van der Waals surface area contributed by atoms with Crippen LogP contribution in [0.3, 0.4) is 0 Å². The monoisotopic (exact) mass is 551 g/mol. The number of ketones is 3.